The van der Waals surface area contributed by atoms with Crippen LogP contribution in [0, 0.1) is 0 Å². The Labute approximate surface area is 69.7 Å². The Morgan fingerprint density at radius 1 is 1.45 bits per heavy atom. The van der Waals surface area contributed by atoms with Crippen LogP contribution in [0.1, 0.15) is 0 Å². The zero-order valence-electron chi connectivity index (χ0n) is 6.04. The molecular weight excluding hydrogens is 158 g/mol. The third-order valence-electron chi connectivity index (χ3n) is 1.57. The predicted octanol–water partition coefficient (Wildman–Crippen LogP) is 1.75. The normalized spacial score (nSPS) is 15.3. The summed E-state index contributed by atoms with van der Waals surface area (Å²) in [7, 11) is 0. The molecule has 0 spiro atoms. The Morgan fingerprint density at radius 3 is 3.27 bits per heavy atom. The van der Waals surface area contributed by atoms with Crippen LogP contribution in [0.25, 0.3) is 0 Å². The molecule has 0 bridgehead atoms. The molecule has 0 saturated heterocycles. The molecule has 2 rings (SSSR count). The molecule has 58 valence electrons. The van der Waals surface area contributed by atoms with Gasteiger partial charge in [-0.05, 0) is 12.1 Å². The van der Waals surface area contributed by atoms with Crippen LogP contribution in [-0.4, -0.2) is 12.4 Å². The van der Waals surface area contributed by atoms with Crippen LogP contribution in [-0.2, 0) is 0 Å². The van der Waals surface area contributed by atoms with E-state index in [0.29, 0.717) is 0 Å². The fraction of sp³-hybridized carbons (Fsp3) is 0.250. The number of nitrogens with two attached hydrogens (primary N) is 1. The van der Waals surface area contributed by atoms with Crippen molar-refractivity contribution in [3.8, 4) is 5.75 Å². The Kier molecular flexibility index (Phi) is 1.66. The van der Waals surface area contributed by atoms with Crippen molar-refractivity contribution in [2.75, 3.05) is 18.1 Å². The van der Waals surface area contributed by atoms with E-state index in [4.69, 9.17) is 10.5 Å². The van der Waals surface area contributed by atoms with Crippen LogP contribution >= 0.6 is 11.8 Å². The van der Waals surface area contributed by atoms with E-state index in [2.05, 4.69) is 0 Å². The molecule has 0 atom stereocenters. The van der Waals surface area contributed by atoms with E-state index in [-0.39, 0.29) is 0 Å². The number of hydrogen-bond donors (Lipinski definition) is 1. The maximum atomic E-state index is 5.59. The highest BCUT2D eigenvalue weighted by Crippen LogP contribution is 2.34. The summed E-state index contributed by atoms with van der Waals surface area (Å²) >= 11 is 1.82. The van der Waals surface area contributed by atoms with Gasteiger partial charge in [-0.1, -0.05) is 0 Å². The van der Waals surface area contributed by atoms with Crippen molar-refractivity contribution in [3.63, 3.8) is 0 Å². The average molecular weight is 167 g/mol. The first kappa shape index (κ1) is 6.85. The molecule has 11 heavy (non-hydrogen) atoms. The van der Waals surface area contributed by atoms with Crippen molar-refractivity contribution in [3.05, 3.63) is 18.2 Å². The van der Waals surface area contributed by atoms with Gasteiger partial charge in [0, 0.05) is 22.4 Å². The molecule has 0 fully saturated rings. The van der Waals surface area contributed by atoms with E-state index in [1.54, 1.807) is 0 Å². The molecule has 2 N–H and O–H groups in total. The highest BCUT2D eigenvalue weighted by Gasteiger charge is 2.09. The summed E-state index contributed by atoms with van der Waals surface area (Å²) in [5.74, 6) is 1.97. The number of anilines is 1. The van der Waals surface area contributed by atoms with Gasteiger partial charge in [0.1, 0.15) is 5.75 Å². The van der Waals surface area contributed by atoms with Crippen LogP contribution in [0.5, 0.6) is 5.75 Å². The second-order valence-electron chi connectivity index (χ2n) is 2.40. The van der Waals surface area contributed by atoms with Crippen molar-refractivity contribution in [2.24, 2.45) is 0 Å². The molecular formula is C8H9NOS. The minimum Gasteiger partial charge on any atom is -0.491 e. The van der Waals surface area contributed by atoms with E-state index in [0.717, 1.165) is 23.8 Å². The van der Waals surface area contributed by atoms with Crippen molar-refractivity contribution in [1.29, 1.82) is 0 Å². The molecule has 0 aliphatic carbocycles. The Balaban J connectivity index is 2.43. The van der Waals surface area contributed by atoms with Gasteiger partial charge in [-0.2, -0.15) is 0 Å². The first-order valence-corrected chi connectivity index (χ1v) is 4.50. The summed E-state index contributed by atoms with van der Waals surface area (Å²) < 4.78 is 5.40. The zero-order chi connectivity index (χ0) is 7.68. The maximum absolute atomic E-state index is 5.59. The lowest BCUT2D eigenvalue weighted by Gasteiger charge is -2.16. The SMILES string of the molecule is Nc1ccc2c(c1)OCCS2. The lowest BCUT2D eigenvalue weighted by atomic mass is 10.3. The molecule has 3 heteroatoms. The maximum Gasteiger partial charge on any atom is 0.134 e. The molecule has 0 saturated carbocycles. The molecule has 1 aromatic rings. The molecule has 2 nitrogen and oxygen atoms in total. The highest BCUT2D eigenvalue weighted by atomic mass is 32.2. The lowest BCUT2D eigenvalue weighted by molar-refractivity contribution is 0.330. The van der Waals surface area contributed by atoms with Gasteiger partial charge >= 0.3 is 0 Å². The largest absolute Gasteiger partial charge is 0.491 e. The van der Waals surface area contributed by atoms with Gasteiger partial charge in [-0.3, -0.25) is 0 Å². The third kappa shape index (κ3) is 1.28. The monoisotopic (exact) mass is 167 g/mol. The Bertz CT molecular complexity index is 275. The van der Waals surface area contributed by atoms with Crippen LogP contribution in [0.15, 0.2) is 23.1 Å². The van der Waals surface area contributed by atoms with E-state index in [1.807, 2.05) is 30.0 Å². The van der Waals surface area contributed by atoms with Gasteiger partial charge in [0.2, 0.25) is 0 Å². The minimum absolute atomic E-state index is 0.770. The van der Waals surface area contributed by atoms with E-state index >= 15 is 0 Å². The number of benzene rings is 1. The van der Waals surface area contributed by atoms with Gasteiger partial charge in [0.15, 0.2) is 0 Å². The quantitative estimate of drug-likeness (QED) is 0.598. The lowest BCUT2D eigenvalue weighted by Crippen LogP contribution is -2.06. The van der Waals surface area contributed by atoms with Crippen LogP contribution < -0.4 is 10.5 Å². The number of hydrogen-bond acceptors (Lipinski definition) is 3. The molecule has 0 radical (unpaired) electrons. The summed E-state index contributed by atoms with van der Waals surface area (Å²) in [5, 5.41) is 0. The third-order valence-corrected chi connectivity index (χ3v) is 2.59. The number of nitrogen functional groups attached to an aromatic ring is 1. The van der Waals surface area contributed by atoms with Gasteiger partial charge < -0.3 is 10.5 Å². The van der Waals surface area contributed by atoms with Gasteiger partial charge in [-0.25, -0.2) is 0 Å². The minimum atomic E-state index is 0.770. The first-order valence-electron chi connectivity index (χ1n) is 3.51. The summed E-state index contributed by atoms with van der Waals surface area (Å²) in [4.78, 5) is 1.20. The number of ether oxygens (including phenoxy) is 1. The molecule has 0 unspecified atom stereocenters. The van der Waals surface area contributed by atoms with E-state index in [9.17, 15) is 0 Å². The Hall–Kier alpha value is -0.830. The van der Waals surface area contributed by atoms with Gasteiger partial charge in [0.25, 0.3) is 0 Å². The van der Waals surface area contributed by atoms with Crippen molar-refractivity contribution in [1.82, 2.24) is 0 Å². The van der Waals surface area contributed by atoms with Crippen LogP contribution in [0.4, 0.5) is 5.69 Å². The molecule has 1 heterocycles. The van der Waals surface area contributed by atoms with E-state index in [1.165, 1.54) is 4.90 Å². The molecule has 1 aromatic carbocycles. The highest BCUT2D eigenvalue weighted by molar-refractivity contribution is 7.99. The molecule has 0 aromatic heterocycles. The number of rotatable bonds is 0. The first-order chi connectivity index (χ1) is 5.36. The van der Waals surface area contributed by atoms with Gasteiger partial charge in [-0.15, -0.1) is 11.8 Å². The zero-order valence-corrected chi connectivity index (χ0v) is 6.86. The molecule has 1 aliphatic rings. The predicted molar refractivity (Wildman–Crippen MR) is 47.1 cm³/mol. The summed E-state index contributed by atoms with van der Waals surface area (Å²) in [5.41, 5.74) is 6.36. The summed E-state index contributed by atoms with van der Waals surface area (Å²) in [6.45, 7) is 0.793. The van der Waals surface area contributed by atoms with E-state index < -0.39 is 0 Å². The summed E-state index contributed by atoms with van der Waals surface area (Å²) in [6, 6.07) is 5.79. The topological polar surface area (TPSA) is 35.2 Å². The number of fused-ring (bicyclic) bond motifs is 1. The van der Waals surface area contributed by atoms with Crippen LogP contribution in [0.3, 0.4) is 0 Å². The van der Waals surface area contributed by atoms with Crippen molar-refractivity contribution in [2.45, 2.75) is 4.90 Å². The average Bonchev–Trinajstić information content (AvgIpc) is 2.04. The molecule has 1 aliphatic heterocycles. The number of thioether (sulfide) groups is 1. The van der Waals surface area contributed by atoms with Crippen LogP contribution in [0.2, 0.25) is 0 Å². The van der Waals surface area contributed by atoms with Gasteiger partial charge in [0.05, 0.1) is 6.61 Å². The standard InChI is InChI=1S/C8H9NOS/c9-6-1-2-8-7(5-6)10-3-4-11-8/h1-2,5H,3-4,9H2. The fourth-order valence-corrected chi connectivity index (χ4v) is 1.87. The second-order valence-corrected chi connectivity index (χ2v) is 3.54. The second kappa shape index (κ2) is 2.66. The van der Waals surface area contributed by atoms with Crippen molar-refractivity contribution >= 4 is 17.4 Å². The summed E-state index contributed by atoms with van der Waals surface area (Å²) in [6.07, 6.45) is 0. The fourth-order valence-electron chi connectivity index (χ4n) is 1.06. The van der Waals surface area contributed by atoms with Crippen molar-refractivity contribution < 1.29 is 4.74 Å². The molecule has 0 amide bonds. The Morgan fingerprint density at radius 2 is 2.36 bits per heavy atom. The smallest absolute Gasteiger partial charge is 0.134 e.